The van der Waals surface area contributed by atoms with Gasteiger partial charge in [-0.15, -0.1) is 0 Å². The van der Waals surface area contributed by atoms with E-state index in [9.17, 15) is 9.59 Å². The minimum atomic E-state index is -0.948. The molecule has 1 heterocycles. The standard InChI is InChI=1S/C18H16BrNO3/c1-10-7-14-15(16(19)11(10)2)9-20(17(14)21)8-12-3-5-13(6-4-12)18(22)23/h3-7H,8-9H2,1-2H3,(H,22,23). The lowest BCUT2D eigenvalue weighted by molar-refractivity contribution is 0.0695. The summed E-state index contributed by atoms with van der Waals surface area (Å²) in [6, 6.07) is 8.59. The van der Waals surface area contributed by atoms with Crippen LogP contribution in [0.5, 0.6) is 0 Å². The van der Waals surface area contributed by atoms with Gasteiger partial charge < -0.3 is 10.0 Å². The summed E-state index contributed by atoms with van der Waals surface area (Å²) in [6.45, 7) is 5.08. The average molecular weight is 374 g/mol. The van der Waals surface area contributed by atoms with Crippen molar-refractivity contribution in [2.24, 2.45) is 0 Å². The third kappa shape index (κ3) is 2.77. The maximum absolute atomic E-state index is 12.6. The van der Waals surface area contributed by atoms with E-state index < -0.39 is 5.97 Å². The Morgan fingerprint density at radius 3 is 2.52 bits per heavy atom. The number of benzene rings is 2. The van der Waals surface area contributed by atoms with Crippen molar-refractivity contribution in [2.75, 3.05) is 0 Å². The van der Waals surface area contributed by atoms with Gasteiger partial charge in [0.1, 0.15) is 0 Å². The van der Waals surface area contributed by atoms with Crippen LogP contribution in [-0.4, -0.2) is 21.9 Å². The van der Waals surface area contributed by atoms with Crippen LogP contribution in [0.15, 0.2) is 34.8 Å². The summed E-state index contributed by atoms with van der Waals surface area (Å²) in [5.41, 5.74) is 5.20. The van der Waals surface area contributed by atoms with Gasteiger partial charge in [-0.05, 0) is 54.3 Å². The molecule has 1 amide bonds. The van der Waals surface area contributed by atoms with Crippen molar-refractivity contribution < 1.29 is 14.7 Å². The zero-order chi connectivity index (χ0) is 16.7. The number of aryl methyl sites for hydroxylation is 1. The van der Waals surface area contributed by atoms with Gasteiger partial charge in [-0.1, -0.05) is 28.1 Å². The van der Waals surface area contributed by atoms with E-state index in [-0.39, 0.29) is 11.5 Å². The molecule has 5 heteroatoms. The van der Waals surface area contributed by atoms with E-state index in [2.05, 4.69) is 15.9 Å². The molecular formula is C18H16BrNO3. The highest BCUT2D eigenvalue weighted by Crippen LogP contribution is 2.34. The number of hydrogen-bond donors (Lipinski definition) is 1. The lowest BCUT2D eigenvalue weighted by Crippen LogP contribution is -2.23. The van der Waals surface area contributed by atoms with Gasteiger partial charge in [0, 0.05) is 23.1 Å². The molecule has 0 aromatic heterocycles. The molecule has 0 aliphatic carbocycles. The Morgan fingerprint density at radius 2 is 1.91 bits per heavy atom. The molecule has 2 aromatic carbocycles. The van der Waals surface area contributed by atoms with E-state index >= 15 is 0 Å². The number of carbonyl (C=O) groups excluding carboxylic acids is 1. The number of halogens is 1. The van der Waals surface area contributed by atoms with Crippen molar-refractivity contribution in [1.29, 1.82) is 0 Å². The van der Waals surface area contributed by atoms with Crippen molar-refractivity contribution in [3.05, 3.63) is 68.2 Å². The topological polar surface area (TPSA) is 57.6 Å². The maximum Gasteiger partial charge on any atom is 0.335 e. The highest BCUT2D eigenvalue weighted by molar-refractivity contribution is 9.10. The van der Waals surface area contributed by atoms with Gasteiger partial charge >= 0.3 is 5.97 Å². The Balaban J connectivity index is 1.85. The Morgan fingerprint density at radius 1 is 1.26 bits per heavy atom. The summed E-state index contributed by atoms with van der Waals surface area (Å²) in [6.07, 6.45) is 0. The number of rotatable bonds is 3. The van der Waals surface area contributed by atoms with Crippen molar-refractivity contribution in [3.63, 3.8) is 0 Å². The predicted octanol–water partition coefficient (Wildman–Crippen LogP) is 3.92. The third-order valence-electron chi connectivity index (χ3n) is 4.31. The fourth-order valence-corrected chi connectivity index (χ4v) is 3.46. The molecule has 0 unspecified atom stereocenters. The van der Waals surface area contributed by atoms with E-state index in [1.165, 1.54) is 0 Å². The molecule has 4 nitrogen and oxygen atoms in total. The first-order valence-corrected chi connectivity index (χ1v) is 8.08. The highest BCUT2D eigenvalue weighted by atomic mass is 79.9. The fourth-order valence-electron chi connectivity index (χ4n) is 2.81. The maximum atomic E-state index is 12.6. The van der Waals surface area contributed by atoms with Crippen LogP contribution in [0.25, 0.3) is 0 Å². The first-order valence-electron chi connectivity index (χ1n) is 7.28. The van der Waals surface area contributed by atoms with Crippen LogP contribution in [0.2, 0.25) is 0 Å². The molecule has 0 saturated carbocycles. The third-order valence-corrected chi connectivity index (χ3v) is 5.39. The number of carboxylic acid groups (broad SMARTS) is 1. The number of hydrogen-bond acceptors (Lipinski definition) is 2. The minimum absolute atomic E-state index is 0.0195. The summed E-state index contributed by atoms with van der Waals surface area (Å²) < 4.78 is 1.00. The molecule has 1 aliphatic rings. The number of carboxylic acids is 1. The van der Waals surface area contributed by atoms with Gasteiger partial charge in [0.2, 0.25) is 0 Å². The lowest BCUT2D eigenvalue weighted by Gasteiger charge is -2.15. The van der Waals surface area contributed by atoms with Crippen molar-refractivity contribution in [3.8, 4) is 0 Å². The molecule has 0 fully saturated rings. The summed E-state index contributed by atoms with van der Waals surface area (Å²) in [4.78, 5) is 25.3. The van der Waals surface area contributed by atoms with Crippen LogP contribution >= 0.6 is 15.9 Å². The summed E-state index contributed by atoms with van der Waals surface area (Å²) in [5, 5.41) is 8.93. The molecule has 2 aromatic rings. The van der Waals surface area contributed by atoms with Crippen LogP contribution in [0, 0.1) is 13.8 Å². The Labute approximate surface area is 142 Å². The van der Waals surface area contributed by atoms with Gasteiger partial charge in [-0.25, -0.2) is 4.79 Å². The molecule has 0 atom stereocenters. The first-order chi connectivity index (χ1) is 10.9. The van der Waals surface area contributed by atoms with Crippen LogP contribution in [0.1, 0.15) is 43.0 Å². The van der Waals surface area contributed by atoms with Crippen molar-refractivity contribution in [2.45, 2.75) is 26.9 Å². The number of nitrogens with zero attached hydrogens (tertiary/aromatic N) is 1. The van der Waals surface area contributed by atoms with Gasteiger partial charge in [0.25, 0.3) is 5.91 Å². The van der Waals surface area contributed by atoms with E-state index in [4.69, 9.17) is 5.11 Å². The smallest absolute Gasteiger partial charge is 0.335 e. The van der Waals surface area contributed by atoms with E-state index in [0.717, 1.165) is 32.3 Å². The number of aromatic carboxylic acids is 1. The zero-order valence-electron chi connectivity index (χ0n) is 12.9. The number of carbonyl (C=O) groups is 2. The van der Waals surface area contributed by atoms with Crippen LogP contribution in [0.3, 0.4) is 0 Å². The Bertz CT molecular complexity index is 812. The Kier molecular flexibility index (Phi) is 3.98. The molecule has 1 N–H and O–H groups in total. The van der Waals surface area contributed by atoms with Crippen molar-refractivity contribution in [1.82, 2.24) is 4.90 Å². The summed E-state index contributed by atoms with van der Waals surface area (Å²) in [7, 11) is 0. The SMILES string of the molecule is Cc1cc2c(c(Br)c1C)CN(Cc1ccc(C(=O)O)cc1)C2=O. The second-order valence-corrected chi connectivity index (χ2v) is 6.61. The number of fused-ring (bicyclic) bond motifs is 1. The lowest BCUT2D eigenvalue weighted by atomic mass is 10.0. The summed E-state index contributed by atoms with van der Waals surface area (Å²) >= 11 is 3.60. The second kappa shape index (κ2) is 5.81. The fraction of sp³-hybridized carbons (Fsp3) is 0.222. The largest absolute Gasteiger partial charge is 0.478 e. The molecule has 3 rings (SSSR count). The Hall–Kier alpha value is -2.14. The van der Waals surface area contributed by atoms with Gasteiger partial charge in [0.05, 0.1) is 5.56 Å². The van der Waals surface area contributed by atoms with Gasteiger partial charge in [-0.3, -0.25) is 4.79 Å². The monoisotopic (exact) mass is 373 g/mol. The molecular weight excluding hydrogens is 358 g/mol. The van der Waals surface area contributed by atoms with E-state index in [0.29, 0.717) is 13.1 Å². The van der Waals surface area contributed by atoms with E-state index in [1.54, 1.807) is 29.2 Å². The molecule has 0 radical (unpaired) electrons. The minimum Gasteiger partial charge on any atom is -0.478 e. The van der Waals surface area contributed by atoms with Crippen LogP contribution < -0.4 is 0 Å². The normalized spacial score (nSPS) is 13.3. The molecule has 1 aliphatic heterocycles. The van der Waals surface area contributed by atoms with Gasteiger partial charge in [0.15, 0.2) is 0 Å². The van der Waals surface area contributed by atoms with E-state index in [1.807, 2.05) is 19.9 Å². The first kappa shape index (κ1) is 15.7. The van der Waals surface area contributed by atoms with Gasteiger partial charge in [-0.2, -0.15) is 0 Å². The highest BCUT2D eigenvalue weighted by Gasteiger charge is 2.30. The molecule has 0 bridgehead atoms. The quantitative estimate of drug-likeness (QED) is 0.886. The number of amides is 1. The molecule has 23 heavy (non-hydrogen) atoms. The summed E-state index contributed by atoms with van der Waals surface area (Å²) in [5.74, 6) is -0.929. The predicted molar refractivity (Wildman–Crippen MR) is 90.6 cm³/mol. The second-order valence-electron chi connectivity index (χ2n) is 5.82. The molecule has 0 saturated heterocycles. The molecule has 118 valence electrons. The van der Waals surface area contributed by atoms with Crippen LogP contribution in [0.4, 0.5) is 0 Å². The average Bonchev–Trinajstić information content (AvgIpc) is 2.83. The van der Waals surface area contributed by atoms with Crippen molar-refractivity contribution >= 4 is 27.8 Å². The molecule has 0 spiro atoms. The zero-order valence-corrected chi connectivity index (χ0v) is 14.5. The van der Waals surface area contributed by atoms with Crippen LogP contribution in [-0.2, 0) is 13.1 Å².